The maximum atomic E-state index is 12.7. The van der Waals surface area contributed by atoms with E-state index in [-0.39, 0.29) is 5.91 Å². The van der Waals surface area contributed by atoms with Crippen LogP contribution in [-0.2, 0) is 4.79 Å². The summed E-state index contributed by atoms with van der Waals surface area (Å²) in [6.07, 6.45) is 3.64. The summed E-state index contributed by atoms with van der Waals surface area (Å²) in [5.41, 5.74) is 6.73. The highest BCUT2D eigenvalue weighted by Gasteiger charge is 2.31. The zero-order valence-electron chi connectivity index (χ0n) is 17.0. The third-order valence-corrected chi connectivity index (χ3v) is 6.55. The highest BCUT2D eigenvalue weighted by atomic mass is 32.2. The van der Waals surface area contributed by atoms with Gasteiger partial charge < -0.3 is 4.57 Å². The minimum atomic E-state index is -0.0538. The second kappa shape index (κ2) is 8.46. The van der Waals surface area contributed by atoms with Crippen LogP contribution >= 0.6 is 24.0 Å². The van der Waals surface area contributed by atoms with E-state index in [4.69, 9.17) is 12.2 Å². The van der Waals surface area contributed by atoms with Gasteiger partial charge in [0.2, 0.25) is 0 Å². The molecule has 0 saturated carbocycles. The Hall–Kier alpha value is -2.89. The van der Waals surface area contributed by atoms with E-state index in [9.17, 15) is 4.79 Å². The molecule has 2 heterocycles. The van der Waals surface area contributed by atoms with Crippen molar-refractivity contribution in [3.05, 3.63) is 95.2 Å². The summed E-state index contributed by atoms with van der Waals surface area (Å²) >= 11 is 6.69. The molecule has 1 saturated heterocycles. The number of rotatable bonds is 5. The number of benzene rings is 2. The van der Waals surface area contributed by atoms with E-state index in [0.717, 1.165) is 22.6 Å². The van der Waals surface area contributed by atoms with Gasteiger partial charge in [-0.3, -0.25) is 9.69 Å². The lowest BCUT2D eigenvalue weighted by Crippen LogP contribution is -2.27. The Morgan fingerprint density at radius 3 is 2.37 bits per heavy atom. The van der Waals surface area contributed by atoms with Gasteiger partial charge in [-0.2, -0.15) is 0 Å². The van der Waals surface area contributed by atoms with Crippen molar-refractivity contribution in [2.24, 2.45) is 0 Å². The largest absolute Gasteiger partial charge is 0.318 e. The fraction of sp³-hybridized carbons (Fsp3) is 0.120. The molecule has 0 spiro atoms. The van der Waals surface area contributed by atoms with Gasteiger partial charge in [-0.1, -0.05) is 72.5 Å². The molecule has 1 amide bonds. The van der Waals surface area contributed by atoms with Crippen molar-refractivity contribution in [3.63, 3.8) is 0 Å². The summed E-state index contributed by atoms with van der Waals surface area (Å²) in [5.74, 6) is -0.0538. The molecule has 1 aromatic heterocycles. The number of hydrogen-bond acceptors (Lipinski definition) is 3. The van der Waals surface area contributed by atoms with Gasteiger partial charge >= 0.3 is 0 Å². The monoisotopic (exact) mass is 430 g/mol. The van der Waals surface area contributed by atoms with Crippen molar-refractivity contribution in [1.29, 1.82) is 0 Å². The van der Waals surface area contributed by atoms with Gasteiger partial charge in [0.05, 0.1) is 4.91 Å². The number of amides is 1. The lowest BCUT2D eigenvalue weighted by atomic mass is 10.1. The van der Waals surface area contributed by atoms with Gasteiger partial charge in [0.1, 0.15) is 4.32 Å². The Morgan fingerprint density at radius 2 is 1.70 bits per heavy atom. The third-order valence-electron chi connectivity index (χ3n) is 5.17. The Balaban J connectivity index is 1.66. The van der Waals surface area contributed by atoms with E-state index in [1.807, 2.05) is 24.3 Å². The third kappa shape index (κ3) is 3.78. The summed E-state index contributed by atoms with van der Waals surface area (Å²) in [5, 5.41) is 0. The molecule has 1 fully saturated rings. The van der Waals surface area contributed by atoms with Gasteiger partial charge in [-0.15, -0.1) is 6.58 Å². The van der Waals surface area contributed by atoms with Crippen molar-refractivity contribution in [2.45, 2.75) is 13.8 Å². The van der Waals surface area contributed by atoms with E-state index in [1.165, 1.54) is 22.9 Å². The quantitative estimate of drug-likeness (QED) is 0.276. The molecule has 1 aliphatic rings. The molecule has 2 aromatic carbocycles. The average molecular weight is 431 g/mol. The molecule has 0 radical (unpaired) electrons. The Kier molecular flexibility index (Phi) is 5.75. The number of carbonyl (C=O) groups excluding carboxylic acids is 1. The maximum absolute atomic E-state index is 12.7. The van der Waals surface area contributed by atoms with Crippen molar-refractivity contribution in [1.82, 2.24) is 9.47 Å². The smallest absolute Gasteiger partial charge is 0.266 e. The predicted molar refractivity (Wildman–Crippen MR) is 131 cm³/mol. The zero-order chi connectivity index (χ0) is 21.3. The average Bonchev–Trinajstić information content (AvgIpc) is 3.18. The molecule has 3 nitrogen and oxygen atoms in total. The highest BCUT2D eigenvalue weighted by molar-refractivity contribution is 8.26. The zero-order valence-corrected chi connectivity index (χ0v) is 18.6. The van der Waals surface area contributed by atoms with Gasteiger partial charge in [0.25, 0.3) is 5.91 Å². The van der Waals surface area contributed by atoms with Gasteiger partial charge in [-0.05, 0) is 54.8 Å². The topological polar surface area (TPSA) is 25.2 Å². The Bertz CT molecular complexity index is 1160. The molecular formula is C25H22N2OS2. The maximum Gasteiger partial charge on any atom is 0.266 e. The van der Waals surface area contributed by atoms with Crippen molar-refractivity contribution < 1.29 is 4.79 Å². The first kappa shape index (κ1) is 20.4. The number of hydrogen-bond donors (Lipinski definition) is 0. The standard InChI is InChI=1S/C25H22N2OS2/c1-4-14-26-24(28)23(30-25(26)29)16-21-15-17(2)27(18(21)3)22-12-10-20(11-13-22)19-8-6-5-7-9-19/h4-13,15-16H,1,14H2,2-3H3/b23-16+. The molecule has 4 rings (SSSR count). The van der Waals surface area contributed by atoms with Crippen LogP contribution < -0.4 is 0 Å². The highest BCUT2D eigenvalue weighted by Crippen LogP contribution is 2.34. The minimum Gasteiger partial charge on any atom is -0.318 e. The normalized spacial score (nSPS) is 15.3. The van der Waals surface area contributed by atoms with E-state index < -0.39 is 0 Å². The fourth-order valence-electron chi connectivity index (χ4n) is 3.69. The van der Waals surface area contributed by atoms with Crippen LogP contribution in [-0.4, -0.2) is 26.2 Å². The first-order valence-corrected chi connectivity index (χ1v) is 10.9. The van der Waals surface area contributed by atoms with Crippen LogP contribution in [0.5, 0.6) is 0 Å². The first-order valence-electron chi connectivity index (χ1n) is 9.70. The molecule has 0 atom stereocenters. The van der Waals surface area contributed by atoms with Crippen molar-refractivity contribution in [3.8, 4) is 16.8 Å². The minimum absolute atomic E-state index is 0.0538. The number of aromatic nitrogens is 1. The number of aryl methyl sites for hydroxylation is 1. The molecule has 0 unspecified atom stereocenters. The first-order chi connectivity index (χ1) is 14.5. The van der Waals surface area contributed by atoms with Gasteiger partial charge in [-0.25, -0.2) is 0 Å². The lowest BCUT2D eigenvalue weighted by Gasteiger charge is -2.11. The second-order valence-corrected chi connectivity index (χ2v) is 8.83. The summed E-state index contributed by atoms with van der Waals surface area (Å²) in [6.45, 7) is 8.30. The SMILES string of the molecule is C=CCN1C(=O)/C(=C\c2cc(C)n(-c3ccc(-c4ccccc4)cc3)c2C)SC1=S. The fourth-order valence-corrected chi connectivity index (χ4v) is 4.96. The van der Waals surface area contributed by atoms with E-state index in [0.29, 0.717) is 15.8 Å². The molecule has 3 aromatic rings. The molecular weight excluding hydrogens is 408 g/mol. The van der Waals surface area contributed by atoms with Crippen LogP contribution in [0.25, 0.3) is 22.9 Å². The van der Waals surface area contributed by atoms with Crippen LogP contribution in [0.2, 0.25) is 0 Å². The molecule has 5 heteroatoms. The van der Waals surface area contributed by atoms with Crippen LogP contribution in [0.15, 0.2) is 78.2 Å². The number of thioether (sulfide) groups is 1. The van der Waals surface area contributed by atoms with Gasteiger partial charge in [0.15, 0.2) is 0 Å². The molecule has 0 bridgehead atoms. The van der Waals surface area contributed by atoms with Crippen LogP contribution in [0.3, 0.4) is 0 Å². The summed E-state index contributed by atoms with van der Waals surface area (Å²) in [6, 6.07) is 21.0. The van der Waals surface area contributed by atoms with Crippen LogP contribution in [0.1, 0.15) is 17.0 Å². The molecule has 150 valence electrons. The summed E-state index contributed by atoms with van der Waals surface area (Å²) < 4.78 is 2.79. The van der Waals surface area contributed by atoms with E-state index in [2.05, 4.69) is 67.5 Å². The van der Waals surface area contributed by atoms with Crippen LogP contribution in [0, 0.1) is 13.8 Å². The van der Waals surface area contributed by atoms with E-state index >= 15 is 0 Å². The lowest BCUT2D eigenvalue weighted by molar-refractivity contribution is -0.121. The summed E-state index contributed by atoms with van der Waals surface area (Å²) in [4.78, 5) is 14.9. The van der Waals surface area contributed by atoms with Crippen LogP contribution in [0.4, 0.5) is 0 Å². The Morgan fingerprint density at radius 1 is 1.03 bits per heavy atom. The Labute approximate surface area is 186 Å². The number of thiocarbonyl (C=S) groups is 1. The van der Waals surface area contributed by atoms with Gasteiger partial charge in [0, 0.05) is 23.6 Å². The summed E-state index contributed by atoms with van der Waals surface area (Å²) in [7, 11) is 0. The molecule has 30 heavy (non-hydrogen) atoms. The number of carbonyl (C=O) groups is 1. The second-order valence-electron chi connectivity index (χ2n) is 7.16. The van der Waals surface area contributed by atoms with Crippen molar-refractivity contribution >= 4 is 40.3 Å². The van der Waals surface area contributed by atoms with E-state index in [1.54, 1.807) is 11.0 Å². The predicted octanol–water partition coefficient (Wildman–Crippen LogP) is 6.15. The molecule has 0 N–H and O–H groups in total. The number of nitrogens with zero attached hydrogens (tertiary/aromatic N) is 2. The molecule has 0 aliphatic carbocycles. The van der Waals surface area contributed by atoms with Crippen molar-refractivity contribution in [2.75, 3.05) is 6.54 Å². The molecule has 1 aliphatic heterocycles.